The molecule has 2 aromatic rings. The molecule has 0 saturated carbocycles. The third kappa shape index (κ3) is 2.04. The summed E-state index contributed by atoms with van der Waals surface area (Å²) in [4.78, 5) is 7.40. The lowest BCUT2D eigenvalue weighted by molar-refractivity contribution is 0.384. The number of imidazole rings is 1. The second kappa shape index (κ2) is 4.06. The number of aromatic nitrogens is 2. The third-order valence-electron chi connectivity index (χ3n) is 2.17. The fraction of sp³-hybridized carbons (Fsp3) is 0.182. The van der Waals surface area contributed by atoms with E-state index >= 15 is 0 Å². The average Bonchev–Trinajstić information content (AvgIpc) is 2.61. The van der Waals surface area contributed by atoms with Crippen molar-refractivity contribution >= 4 is 15.9 Å². The van der Waals surface area contributed by atoms with Gasteiger partial charge in [0.2, 0.25) is 0 Å². The van der Waals surface area contributed by atoms with E-state index in [0.29, 0.717) is 6.01 Å². The number of hydrogen-bond donors (Lipinski definition) is 1. The molecule has 0 aliphatic rings. The number of methoxy groups -OCH3 is 1. The normalized spacial score (nSPS) is 10.3. The van der Waals surface area contributed by atoms with E-state index in [1.165, 1.54) is 0 Å². The SMILES string of the molecule is COc1nc(-c2ccc(Br)cc2)c(C)[nH]1. The van der Waals surface area contributed by atoms with Gasteiger partial charge in [0.15, 0.2) is 0 Å². The van der Waals surface area contributed by atoms with E-state index in [-0.39, 0.29) is 0 Å². The Bertz CT molecular complexity index is 462. The summed E-state index contributed by atoms with van der Waals surface area (Å²) >= 11 is 3.40. The van der Waals surface area contributed by atoms with Crippen LogP contribution < -0.4 is 4.74 Å². The van der Waals surface area contributed by atoms with Crippen molar-refractivity contribution in [2.24, 2.45) is 0 Å². The minimum absolute atomic E-state index is 0.547. The molecule has 4 heteroatoms. The average molecular weight is 267 g/mol. The second-order valence-electron chi connectivity index (χ2n) is 3.23. The Morgan fingerprint density at radius 2 is 1.93 bits per heavy atom. The van der Waals surface area contributed by atoms with Crippen molar-refractivity contribution in [3.8, 4) is 17.3 Å². The van der Waals surface area contributed by atoms with Crippen molar-refractivity contribution < 1.29 is 4.74 Å². The summed E-state index contributed by atoms with van der Waals surface area (Å²) in [5, 5.41) is 0. The molecule has 0 atom stereocenters. The topological polar surface area (TPSA) is 37.9 Å². The van der Waals surface area contributed by atoms with Crippen LogP contribution in [-0.2, 0) is 0 Å². The number of aromatic amines is 1. The highest BCUT2D eigenvalue weighted by Gasteiger charge is 2.08. The van der Waals surface area contributed by atoms with Crippen LogP contribution in [0.2, 0.25) is 0 Å². The first kappa shape index (κ1) is 10.2. The lowest BCUT2D eigenvalue weighted by Crippen LogP contribution is -1.83. The standard InChI is InChI=1S/C11H11BrN2O/c1-7-10(14-11(13-7)15-2)8-3-5-9(12)6-4-8/h3-6H,1-2H3,(H,13,14). The van der Waals surface area contributed by atoms with E-state index in [1.807, 2.05) is 31.2 Å². The number of rotatable bonds is 2. The monoisotopic (exact) mass is 266 g/mol. The maximum atomic E-state index is 5.04. The van der Waals surface area contributed by atoms with Crippen molar-refractivity contribution in [2.75, 3.05) is 7.11 Å². The molecule has 3 nitrogen and oxygen atoms in total. The molecule has 78 valence electrons. The Hall–Kier alpha value is -1.29. The molecule has 0 bridgehead atoms. The van der Waals surface area contributed by atoms with Gasteiger partial charge in [-0.1, -0.05) is 28.1 Å². The highest BCUT2D eigenvalue weighted by molar-refractivity contribution is 9.10. The molecule has 1 aromatic carbocycles. The van der Waals surface area contributed by atoms with Gasteiger partial charge in [-0.2, -0.15) is 4.98 Å². The second-order valence-corrected chi connectivity index (χ2v) is 4.14. The van der Waals surface area contributed by atoms with Crippen LogP contribution in [0, 0.1) is 6.92 Å². The Balaban J connectivity index is 2.44. The molecule has 0 spiro atoms. The molecule has 0 amide bonds. The number of aryl methyl sites for hydroxylation is 1. The minimum Gasteiger partial charge on any atom is -0.468 e. The van der Waals surface area contributed by atoms with Crippen molar-refractivity contribution in [2.45, 2.75) is 6.92 Å². The van der Waals surface area contributed by atoms with Crippen LogP contribution in [0.3, 0.4) is 0 Å². The smallest absolute Gasteiger partial charge is 0.294 e. The van der Waals surface area contributed by atoms with E-state index < -0.39 is 0 Å². The van der Waals surface area contributed by atoms with Crippen molar-refractivity contribution in [1.82, 2.24) is 9.97 Å². The van der Waals surface area contributed by atoms with Gasteiger partial charge in [0, 0.05) is 15.7 Å². The van der Waals surface area contributed by atoms with Crippen LogP contribution in [0.4, 0.5) is 0 Å². The molecule has 1 aromatic heterocycles. The van der Waals surface area contributed by atoms with Gasteiger partial charge in [-0.3, -0.25) is 0 Å². The van der Waals surface area contributed by atoms with Crippen LogP contribution in [0.25, 0.3) is 11.3 Å². The van der Waals surface area contributed by atoms with E-state index in [2.05, 4.69) is 25.9 Å². The first-order valence-electron chi connectivity index (χ1n) is 4.57. The van der Waals surface area contributed by atoms with Gasteiger partial charge in [-0.15, -0.1) is 0 Å². The Labute approximate surface area is 96.6 Å². The van der Waals surface area contributed by atoms with Crippen molar-refractivity contribution in [3.63, 3.8) is 0 Å². The number of benzene rings is 1. The van der Waals surface area contributed by atoms with Crippen LogP contribution in [0.1, 0.15) is 5.69 Å². The Morgan fingerprint density at radius 1 is 1.27 bits per heavy atom. The van der Waals surface area contributed by atoms with E-state index in [0.717, 1.165) is 21.4 Å². The fourth-order valence-electron chi connectivity index (χ4n) is 1.42. The molecule has 1 N–H and O–H groups in total. The molecule has 0 fully saturated rings. The summed E-state index contributed by atoms with van der Waals surface area (Å²) in [5.74, 6) is 0. The first-order valence-corrected chi connectivity index (χ1v) is 5.36. The zero-order valence-corrected chi connectivity index (χ0v) is 10.1. The number of nitrogens with one attached hydrogen (secondary N) is 1. The van der Waals surface area contributed by atoms with Gasteiger partial charge in [-0.25, -0.2) is 0 Å². The summed E-state index contributed by atoms with van der Waals surface area (Å²) < 4.78 is 6.11. The molecule has 0 aliphatic heterocycles. The maximum Gasteiger partial charge on any atom is 0.294 e. The van der Waals surface area contributed by atoms with Crippen LogP contribution in [-0.4, -0.2) is 17.1 Å². The molecule has 0 radical (unpaired) electrons. The highest BCUT2D eigenvalue weighted by Crippen LogP contribution is 2.24. The first-order chi connectivity index (χ1) is 7.20. The van der Waals surface area contributed by atoms with Crippen molar-refractivity contribution in [1.29, 1.82) is 0 Å². The van der Waals surface area contributed by atoms with E-state index in [9.17, 15) is 0 Å². The predicted molar refractivity (Wildman–Crippen MR) is 63.0 cm³/mol. The zero-order valence-electron chi connectivity index (χ0n) is 8.54. The predicted octanol–water partition coefficient (Wildman–Crippen LogP) is 3.16. The summed E-state index contributed by atoms with van der Waals surface area (Å²) in [6.45, 7) is 1.98. The molecule has 0 saturated heterocycles. The van der Waals surface area contributed by atoms with Gasteiger partial charge in [0.1, 0.15) is 0 Å². The van der Waals surface area contributed by atoms with Gasteiger partial charge < -0.3 is 9.72 Å². The number of H-pyrrole nitrogens is 1. The third-order valence-corrected chi connectivity index (χ3v) is 2.70. The molecule has 0 aliphatic carbocycles. The molecule has 15 heavy (non-hydrogen) atoms. The lowest BCUT2D eigenvalue weighted by atomic mass is 10.1. The van der Waals surface area contributed by atoms with Crippen LogP contribution >= 0.6 is 15.9 Å². The molecular weight excluding hydrogens is 256 g/mol. The maximum absolute atomic E-state index is 5.04. The Kier molecular flexibility index (Phi) is 2.77. The van der Waals surface area contributed by atoms with Gasteiger partial charge in [0.25, 0.3) is 6.01 Å². The summed E-state index contributed by atoms with van der Waals surface area (Å²) in [5.41, 5.74) is 3.02. The molecule has 2 rings (SSSR count). The van der Waals surface area contributed by atoms with E-state index in [1.54, 1.807) is 7.11 Å². The number of halogens is 1. The molecular formula is C11H11BrN2O. The largest absolute Gasteiger partial charge is 0.468 e. The summed E-state index contributed by atoms with van der Waals surface area (Å²) in [7, 11) is 1.60. The van der Waals surface area contributed by atoms with Crippen molar-refractivity contribution in [3.05, 3.63) is 34.4 Å². The number of hydrogen-bond acceptors (Lipinski definition) is 2. The van der Waals surface area contributed by atoms with Gasteiger partial charge >= 0.3 is 0 Å². The number of ether oxygens (including phenoxy) is 1. The van der Waals surface area contributed by atoms with Crippen LogP contribution in [0.5, 0.6) is 6.01 Å². The molecule has 1 heterocycles. The van der Waals surface area contributed by atoms with E-state index in [4.69, 9.17) is 4.74 Å². The zero-order chi connectivity index (χ0) is 10.8. The quantitative estimate of drug-likeness (QED) is 0.907. The minimum atomic E-state index is 0.547. The highest BCUT2D eigenvalue weighted by atomic mass is 79.9. The van der Waals surface area contributed by atoms with Crippen LogP contribution in [0.15, 0.2) is 28.7 Å². The molecule has 0 unspecified atom stereocenters. The van der Waals surface area contributed by atoms with Gasteiger partial charge in [-0.05, 0) is 19.1 Å². The number of nitrogens with zero attached hydrogens (tertiary/aromatic N) is 1. The summed E-state index contributed by atoms with van der Waals surface area (Å²) in [6.07, 6.45) is 0. The Morgan fingerprint density at radius 3 is 2.47 bits per heavy atom. The fourth-order valence-corrected chi connectivity index (χ4v) is 1.68. The van der Waals surface area contributed by atoms with Gasteiger partial charge in [0.05, 0.1) is 12.8 Å². The summed E-state index contributed by atoms with van der Waals surface area (Å²) in [6, 6.07) is 8.58. The lowest BCUT2D eigenvalue weighted by Gasteiger charge is -1.97.